The highest BCUT2D eigenvalue weighted by molar-refractivity contribution is 6.31. The van der Waals surface area contributed by atoms with E-state index in [1.165, 1.54) is 21.5 Å². The molecule has 1 atom stereocenters. The van der Waals surface area contributed by atoms with Crippen molar-refractivity contribution in [3.63, 3.8) is 0 Å². The summed E-state index contributed by atoms with van der Waals surface area (Å²) in [7, 11) is 0. The molecule has 1 aliphatic heterocycles. The fourth-order valence-corrected chi connectivity index (χ4v) is 5.54. The molecule has 0 spiro atoms. The first-order valence-electron chi connectivity index (χ1n) is 13.4. The first-order chi connectivity index (χ1) is 19.8. The molecule has 0 aromatic carbocycles. The van der Waals surface area contributed by atoms with Crippen molar-refractivity contribution in [1.29, 1.82) is 0 Å². The number of hydrogen-bond donors (Lipinski definition) is 1. The summed E-state index contributed by atoms with van der Waals surface area (Å²) >= 11 is 5.91. The van der Waals surface area contributed by atoms with E-state index in [0.717, 1.165) is 24.2 Å². The third-order valence-corrected chi connectivity index (χ3v) is 8.05. The summed E-state index contributed by atoms with van der Waals surface area (Å²) in [4.78, 5) is 35.5. The van der Waals surface area contributed by atoms with Crippen molar-refractivity contribution >= 4 is 40.2 Å². The van der Waals surface area contributed by atoms with Crippen LogP contribution in [0, 0.1) is 11.7 Å². The number of carbonyl (C=O) groups excluding carboxylic acids is 1. The molecule has 12 nitrogen and oxygen atoms in total. The second-order valence-corrected chi connectivity index (χ2v) is 11.1. The number of aliphatic carboxylic acids is 1. The maximum atomic E-state index is 14.5. The second-order valence-electron chi connectivity index (χ2n) is 10.6. The molecule has 5 aromatic rings. The van der Waals surface area contributed by atoms with E-state index < -0.39 is 17.7 Å². The number of aromatic nitrogens is 8. The maximum Gasteiger partial charge on any atom is 0.308 e. The van der Waals surface area contributed by atoms with E-state index in [4.69, 9.17) is 21.7 Å². The summed E-state index contributed by atoms with van der Waals surface area (Å²) in [5, 5.41) is 22.4. The number of hydrogen-bond acceptors (Lipinski definition) is 8. The number of carboxylic acid groups (broad SMARTS) is 1. The number of carboxylic acids is 1. The zero-order chi connectivity index (χ0) is 28.2. The fraction of sp³-hybridized carbons (Fsp3) is 0.370. The second kappa shape index (κ2) is 9.91. The molecule has 0 amide bonds. The molecular weight excluding hydrogens is 553 g/mol. The minimum atomic E-state index is -0.782. The topological polar surface area (TPSA) is 136 Å². The Kier molecular flexibility index (Phi) is 6.18. The minimum Gasteiger partial charge on any atom is -0.481 e. The van der Waals surface area contributed by atoms with Crippen LogP contribution in [0.4, 0.5) is 10.1 Å². The van der Waals surface area contributed by atoms with Crippen LogP contribution < -0.4 is 4.90 Å². The predicted molar refractivity (Wildman–Crippen MR) is 145 cm³/mol. The van der Waals surface area contributed by atoms with Gasteiger partial charge in [-0.1, -0.05) is 16.8 Å². The lowest BCUT2D eigenvalue weighted by Crippen LogP contribution is -2.23. The van der Waals surface area contributed by atoms with Crippen molar-refractivity contribution in [2.45, 2.75) is 44.6 Å². The molecule has 5 aromatic heterocycles. The van der Waals surface area contributed by atoms with Gasteiger partial charge >= 0.3 is 5.97 Å². The summed E-state index contributed by atoms with van der Waals surface area (Å²) in [5.74, 6) is -1.58. The number of carbonyl (C=O) groups is 2. The Labute approximate surface area is 237 Å². The largest absolute Gasteiger partial charge is 0.481 e. The fourth-order valence-electron chi connectivity index (χ4n) is 5.39. The van der Waals surface area contributed by atoms with Crippen molar-refractivity contribution in [2.75, 3.05) is 18.0 Å². The molecule has 41 heavy (non-hydrogen) atoms. The Morgan fingerprint density at radius 1 is 1.20 bits per heavy atom. The Hall–Kier alpha value is -4.39. The number of Topliss-reactive ketones (excluding diaryl/α,β-unsaturated/α-hetero) is 1. The third-order valence-electron chi connectivity index (χ3n) is 7.75. The number of anilines is 1. The van der Waals surface area contributed by atoms with Gasteiger partial charge in [0.05, 0.1) is 59.0 Å². The van der Waals surface area contributed by atoms with Crippen LogP contribution in [0.5, 0.6) is 0 Å². The smallest absolute Gasteiger partial charge is 0.308 e. The van der Waals surface area contributed by atoms with Gasteiger partial charge in [-0.3, -0.25) is 9.59 Å². The first kappa shape index (κ1) is 25.6. The molecule has 2 fully saturated rings. The summed E-state index contributed by atoms with van der Waals surface area (Å²) in [5.41, 5.74) is 4.10. The van der Waals surface area contributed by atoms with Crippen LogP contribution in [0.1, 0.15) is 59.2 Å². The molecule has 6 heterocycles. The SMILES string of the molecule is O=C(CCc1ncn2ccc(Cl)c(F)c12)c1cn(Cc2cn3nc(C4CC4)cc(N4CCC(C(=O)O)C4)c3n2)nn1. The number of imidazole rings is 2. The predicted octanol–water partition coefficient (Wildman–Crippen LogP) is 3.41. The lowest BCUT2D eigenvalue weighted by atomic mass is 10.1. The van der Waals surface area contributed by atoms with Gasteiger partial charge < -0.3 is 14.4 Å². The summed E-state index contributed by atoms with van der Waals surface area (Å²) in [6.07, 6.45) is 9.58. The van der Waals surface area contributed by atoms with Gasteiger partial charge in [-0.05, 0) is 37.8 Å². The summed E-state index contributed by atoms with van der Waals surface area (Å²) in [6.45, 7) is 1.35. The van der Waals surface area contributed by atoms with Crippen molar-refractivity contribution in [1.82, 2.24) is 39.0 Å². The van der Waals surface area contributed by atoms with E-state index in [1.54, 1.807) is 16.9 Å². The Bertz CT molecular complexity index is 1830. The highest BCUT2D eigenvalue weighted by Gasteiger charge is 2.32. The van der Waals surface area contributed by atoms with Crippen molar-refractivity contribution in [3.05, 3.63) is 70.7 Å². The highest BCUT2D eigenvalue weighted by atomic mass is 35.5. The van der Waals surface area contributed by atoms with Crippen molar-refractivity contribution in [2.24, 2.45) is 5.92 Å². The van der Waals surface area contributed by atoms with E-state index in [9.17, 15) is 19.1 Å². The Morgan fingerprint density at radius 3 is 2.83 bits per heavy atom. The van der Waals surface area contributed by atoms with Crippen molar-refractivity contribution in [3.8, 4) is 0 Å². The molecule has 7 rings (SSSR count). The van der Waals surface area contributed by atoms with Crippen LogP contribution >= 0.6 is 11.6 Å². The van der Waals surface area contributed by atoms with Gasteiger partial charge in [-0.25, -0.2) is 23.6 Å². The van der Waals surface area contributed by atoms with Crippen LogP contribution in [0.3, 0.4) is 0 Å². The van der Waals surface area contributed by atoms with Gasteiger partial charge in [0, 0.05) is 31.6 Å². The number of rotatable bonds is 9. The lowest BCUT2D eigenvalue weighted by molar-refractivity contribution is -0.140. The number of halogens is 2. The maximum absolute atomic E-state index is 14.5. The average Bonchev–Trinajstić information content (AvgIpc) is 3.34. The van der Waals surface area contributed by atoms with Gasteiger partial charge in [0.2, 0.25) is 0 Å². The van der Waals surface area contributed by atoms with E-state index in [0.29, 0.717) is 42.5 Å². The summed E-state index contributed by atoms with van der Waals surface area (Å²) < 4.78 is 19.3. The lowest BCUT2D eigenvalue weighted by Gasteiger charge is -2.19. The van der Waals surface area contributed by atoms with E-state index in [-0.39, 0.29) is 41.4 Å². The molecule has 1 aliphatic carbocycles. The zero-order valence-corrected chi connectivity index (χ0v) is 22.6. The Morgan fingerprint density at radius 2 is 2.05 bits per heavy atom. The van der Waals surface area contributed by atoms with Gasteiger partial charge in [-0.15, -0.1) is 5.10 Å². The molecule has 14 heteroatoms. The Balaban J connectivity index is 1.08. The monoisotopic (exact) mass is 577 g/mol. The van der Waals surface area contributed by atoms with Gasteiger partial charge in [0.1, 0.15) is 11.2 Å². The first-order valence-corrected chi connectivity index (χ1v) is 13.8. The molecule has 0 bridgehead atoms. The van der Waals surface area contributed by atoms with Crippen LogP contribution in [0.2, 0.25) is 5.02 Å². The van der Waals surface area contributed by atoms with E-state index in [1.807, 2.05) is 12.3 Å². The molecule has 0 radical (unpaired) electrons. The molecule has 1 N–H and O–H groups in total. The van der Waals surface area contributed by atoms with Gasteiger partial charge in [0.25, 0.3) is 0 Å². The molecule has 1 unspecified atom stereocenters. The normalized spacial score (nSPS) is 17.2. The van der Waals surface area contributed by atoms with Gasteiger partial charge in [-0.2, -0.15) is 5.10 Å². The van der Waals surface area contributed by atoms with Crippen LogP contribution in [-0.2, 0) is 17.8 Å². The van der Waals surface area contributed by atoms with Crippen LogP contribution in [0.25, 0.3) is 11.2 Å². The van der Waals surface area contributed by atoms with E-state index >= 15 is 0 Å². The number of nitrogens with zero attached hydrogens (tertiary/aromatic N) is 9. The standard InChI is InChI=1S/C27H25ClFN9O3/c28-18-6-8-36-14-30-19(25(36)24(18)29)3-4-23(39)21-13-37(34-32-21)11-17-12-38-26(31-17)22(9-20(33-38)15-1-2-15)35-7-5-16(10-35)27(40)41/h6,8-9,12-16H,1-5,7,10-11H2,(H,40,41). The highest BCUT2D eigenvalue weighted by Crippen LogP contribution is 2.41. The average molecular weight is 578 g/mol. The summed E-state index contributed by atoms with van der Waals surface area (Å²) in [6, 6.07) is 3.50. The number of aryl methyl sites for hydroxylation is 1. The third kappa shape index (κ3) is 4.79. The van der Waals surface area contributed by atoms with Crippen LogP contribution in [-0.4, -0.2) is 68.9 Å². The molecular formula is C27H25ClFN9O3. The van der Waals surface area contributed by atoms with Crippen LogP contribution in [0.15, 0.2) is 37.1 Å². The zero-order valence-electron chi connectivity index (χ0n) is 21.8. The molecule has 1 saturated heterocycles. The quantitative estimate of drug-likeness (QED) is 0.261. The minimum absolute atomic E-state index is 0.00330. The molecule has 210 valence electrons. The van der Waals surface area contributed by atoms with Gasteiger partial charge in [0.15, 0.2) is 17.2 Å². The van der Waals surface area contributed by atoms with Crippen molar-refractivity contribution < 1.29 is 19.1 Å². The number of fused-ring (bicyclic) bond motifs is 2. The van der Waals surface area contributed by atoms with E-state index in [2.05, 4.69) is 20.2 Å². The number of pyridine rings is 1. The molecule has 2 aliphatic rings. The molecule has 1 saturated carbocycles. The number of ketones is 1.